The molecule has 0 bridgehead atoms. The average molecular weight is 457 g/mol. The van der Waals surface area contributed by atoms with Crippen molar-refractivity contribution in [3.8, 4) is 0 Å². The highest BCUT2D eigenvalue weighted by atomic mass is 28.5. The Hall–Kier alpha value is -1.41. The van der Waals surface area contributed by atoms with Gasteiger partial charge in [0.25, 0.3) is 0 Å². The van der Waals surface area contributed by atoms with Crippen molar-refractivity contribution in [3.05, 3.63) is 25.7 Å². The van der Waals surface area contributed by atoms with Gasteiger partial charge in [0, 0.05) is 0 Å². The van der Waals surface area contributed by atoms with Gasteiger partial charge in [-0.25, -0.2) is 9.59 Å². The third kappa shape index (κ3) is 16.7. The number of carbonyl (C=O) groups is 2. The minimum Gasteiger partial charge on any atom is -0.435 e. The zero-order valence-electron chi connectivity index (χ0n) is 15.7. The van der Waals surface area contributed by atoms with E-state index in [0.717, 1.165) is 12.5 Å². The smallest absolute Gasteiger partial charge is 0.435 e. The predicted molar refractivity (Wildman–Crippen MR) is 120 cm³/mol. The van der Waals surface area contributed by atoms with E-state index in [4.69, 9.17) is 17.7 Å². The fourth-order valence-corrected chi connectivity index (χ4v) is 14.7. The standard InChI is InChI=1S/C14H28O8Si3.3CH4/c1-9-17-13(15)19-11-23(3,4)21-25(7,8)22-24(5,6)12-20-14(16)18-10-2;;;/h9-10H,1-2,11-12H2,3-8H3;3*1H4. The van der Waals surface area contributed by atoms with Crippen LogP contribution in [0.4, 0.5) is 9.59 Å². The summed E-state index contributed by atoms with van der Waals surface area (Å²) >= 11 is 0. The predicted octanol–water partition coefficient (Wildman–Crippen LogP) is 5.71. The molecule has 0 aromatic carbocycles. The number of carbonyl (C=O) groups excluding carboxylic acids is 2. The molecule has 28 heavy (non-hydrogen) atoms. The topological polar surface area (TPSA) is 89.5 Å². The van der Waals surface area contributed by atoms with Gasteiger partial charge in [0.1, 0.15) is 12.5 Å². The highest BCUT2D eigenvalue weighted by Crippen LogP contribution is 2.21. The summed E-state index contributed by atoms with van der Waals surface area (Å²) in [6.07, 6.45) is 0.635. The van der Waals surface area contributed by atoms with E-state index < -0.39 is 37.5 Å². The van der Waals surface area contributed by atoms with Crippen molar-refractivity contribution in [2.45, 2.75) is 61.6 Å². The SMILES string of the molecule is C.C.C.C=COC(=O)OC[Si](C)(C)O[Si](C)(C)O[Si](C)(C)COC(=O)OC=C. The average Bonchev–Trinajstić information content (AvgIpc) is 2.41. The Morgan fingerprint density at radius 2 is 1.00 bits per heavy atom. The maximum atomic E-state index is 11.3. The lowest BCUT2D eigenvalue weighted by atomic mass is 11.1. The number of ether oxygens (including phenoxy) is 4. The zero-order chi connectivity index (χ0) is 19.7. The first-order chi connectivity index (χ1) is 11.3. The molecular formula is C17H40O8Si3. The van der Waals surface area contributed by atoms with Gasteiger partial charge in [-0.2, -0.15) is 0 Å². The summed E-state index contributed by atoms with van der Waals surface area (Å²) in [4.78, 5) is 22.5. The van der Waals surface area contributed by atoms with E-state index in [0.29, 0.717) is 0 Å². The van der Waals surface area contributed by atoms with Crippen LogP contribution in [0, 0.1) is 0 Å². The van der Waals surface area contributed by atoms with E-state index in [9.17, 15) is 9.59 Å². The van der Waals surface area contributed by atoms with Crippen molar-refractivity contribution in [1.29, 1.82) is 0 Å². The molecule has 0 aromatic heterocycles. The van der Waals surface area contributed by atoms with E-state index in [1.165, 1.54) is 0 Å². The van der Waals surface area contributed by atoms with Crippen LogP contribution in [0.3, 0.4) is 0 Å². The fraction of sp³-hybridized carbons (Fsp3) is 0.647. The molecule has 0 heterocycles. The van der Waals surface area contributed by atoms with Crippen molar-refractivity contribution in [3.63, 3.8) is 0 Å². The molecule has 0 aliphatic carbocycles. The molecule has 168 valence electrons. The van der Waals surface area contributed by atoms with Gasteiger partial charge in [-0.05, 0) is 39.3 Å². The molecule has 0 rings (SSSR count). The Balaban J connectivity index is -0.000000960. The second-order valence-corrected chi connectivity index (χ2v) is 18.8. The Kier molecular flexibility index (Phi) is 17.8. The van der Waals surface area contributed by atoms with Gasteiger partial charge in [-0.15, -0.1) is 0 Å². The molecule has 0 N–H and O–H groups in total. The lowest BCUT2D eigenvalue weighted by Crippen LogP contribution is -2.55. The van der Waals surface area contributed by atoms with Crippen LogP contribution in [0.5, 0.6) is 0 Å². The van der Waals surface area contributed by atoms with Crippen molar-refractivity contribution >= 4 is 37.5 Å². The summed E-state index contributed by atoms with van der Waals surface area (Å²) in [5, 5.41) is 0. The highest BCUT2D eigenvalue weighted by Gasteiger charge is 2.41. The first-order valence-corrected chi connectivity index (χ1v) is 16.7. The molecule has 0 aromatic rings. The summed E-state index contributed by atoms with van der Waals surface area (Å²) in [6.45, 7) is 18.0. The Morgan fingerprint density at radius 1 is 0.714 bits per heavy atom. The second-order valence-electron chi connectivity index (χ2n) is 6.77. The van der Waals surface area contributed by atoms with Gasteiger partial charge < -0.3 is 27.2 Å². The summed E-state index contributed by atoms with van der Waals surface area (Å²) in [5.74, 6) is 0. The van der Waals surface area contributed by atoms with Crippen molar-refractivity contribution in [1.82, 2.24) is 0 Å². The molecule has 0 aliphatic rings. The Labute approximate surface area is 174 Å². The van der Waals surface area contributed by atoms with Gasteiger partial charge in [0.15, 0.2) is 0 Å². The van der Waals surface area contributed by atoms with Crippen molar-refractivity contribution in [2.24, 2.45) is 0 Å². The fourth-order valence-electron chi connectivity index (χ4n) is 2.08. The summed E-state index contributed by atoms with van der Waals surface area (Å²) in [5.41, 5.74) is 0. The number of rotatable bonds is 10. The monoisotopic (exact) mass is 456 g/mol. The van der Waals surface area contributed by atoms with Crippen LogP contribution in [-0.2, 0) is 27.2 Å². The van der Waals surface area contributed by atoms with Crippen LogP contribution >= 0.6 is 0 Å². The van der Waals surface area contributed by atoms with Crippen LogP contribution in [-0.4, -0.2) is 50.0 Å². The molecule has 0 aliphatic heterocycles. The largest absolute Gasteiger partial charge is 0.513 e. The molecular weight excluding hydrogens is 416 g/mol. The van der Waals surface area contributed by atoms with Gasteiger partial charge in [-0.3, -0.25) is 0 Å². The lowest BCUT2D eigenvalue weighted by Gasteiger charge is -2.37. The minimum absolute atomic E-state index is 0. The summed E-state index contributed by atoms with van der Waals surface area (Å²) in [6, 6.07) is 0. The highest BCUT2D eigenvalue weighted by molar-refractivity contribution is 6.87. The molecule has 0 amide bonds. The van der Waals surface area contributed by atoms with E-state index in [-0.39, 0.29) is 34.7 Å². The van der Waals surface area contributed by atoms with Crippen LogP contribution in [0.25, 0.3) is 0 Å². The maximum absolute atomic E-state index is 11.3. The summed E-state index contributed by atoms with van der Waals surface area (Å²) in [7, 11) is -7.20. The van der Waals surface area contributed by atoms with Crippen molar-refractivity contribution < 1.29 is 36.8 Å². The van der Waals surface area contributed by atoms with Crippen LogP contribution in [0.15, 0.2) is 25.7 Å². The van der Waals surface area contributed by atoms with Gasteiger partial charge >= 0.3 is 20.9 Å². The Morgan fingerprint density at radius 3 is 1.25 bits per heavy atom. The van der Waals surface area contributed by atoms with Gasteiger partial charge in [0.2, 0.25) is 16.6 Å². The number of hydrogen-bond acceptors (Lipinski definition) is 8. The van der Waals surface area contributed by atoms with Gasteiger partial charge in [0.05, 0.1) is 12.5 Å². The molecule has 0 unspecified atom stereocenters. The molecule has 0 atom stereocenters. The first-order valence-electron chi connectivity index (χ1n) is 7.61. The molecule has 0 saturated heterocycles. The normalized spacial score (nSPS) is 10.8. The molecule has 0 saturated carbocycles. The van der Waals surface area contributed by atoms with Crippen LogP contribution in [0.1, 0.15) is 22.3 Å². The third-order valence-corrected chi connectivity index (χ3v) is 12.5. The van der Waals surface area contributed by atoms with Gasteiger partial charge in [-0.1, -0.05) is 35.4 Å². The maximum Gasteiger partial charge on any atom is 0.513 e. The van der Waals surface area contributed by atoms with E-state index in [1.807, 2.05) is 39.3 Å². The lowest BCUT2D eigenvalue weighted by molar-refractivity contribution is 0.0948. The van der Waals surface area contributed by atoms with E-state index in [1.54, 1.807) is 0 Å². The Bertz CT molecular complexity index is 451. The summed E-state index contributed by atoms with van der Waals surface area (Å²) < 4.78 is 31.4. The van der Waals surface area contributed by atoms with E-state index >= 15 is 0 Å². The van der Waals surface area contributed by atoms with E-state index in [2.05, 4.69) is 22.6 Å². The molecule has 8 nitrogen and oxygen atoms in total. The quantitative estimate of drug-likeness (QED) is 0.234. The molecule has 0 fully saturated rings. The zero-order valence-corrected chi connectivity index (χ0v) is 18.7. The minimum atomic E-state index is -2.54. The second kappa shape index (κ2) is 14.6. The van der Waals surface area contributed by atoms with Crippen LogP contribution < -0.4 is 0 Å². The van der Waals surface area contributed by atoms with Crippen LogP contribution in [0.2, 0.25) is 39.3 Å². The molecule has 11 heteroatoms. The molecule has 0 radical (unpaired) electrons. The third-order valence-electron chi connectivity index (χ3n) is 2.48. The molecule has 0 spiro atoms. The van der Waals surface area contributed by atoms with Crippen molar-refractivity contribution in [2.75, 3.05) is 12.5 Å². The number of hydrogen-bond donors (Lipinski definition) is 0. The first kappa shape index (κ1) is 34.1.